The van der Waals surface area contributed by atoms with Gasteiger partial charge < -0.3 is 23.7 Å². The van der Waals surface area contributed by atoms with Crippen LogP contribution in [-0.2, 0) is 56.0 Å². The van der Waals surface area contributed by atoms with Gasteiger partial charge in [0.05, 0.1) is 30.4 Å². The molecule has 3 unspecified atom stereocenters. The molecule has 1 aromatic heterocycles. The molecule has 0 aliphatic heterocycles. The summed E-state index contributed by atoms with van der Waals surface area (Å²) in [7, 11) is 4.25. The van der Waals surface area contributed by atoms with Gasteiger partial charge in [0.25, 0.3) is 0 Å². The number of aromatic nitrogens is 3. The third-order valence-corrected chi connectivity index (χ3v) is 13.0. The van der Waals surface area contributed by atoms with Crippen molar-refractivity contribution in [1.82, 2.24) is 19.9 Å². The highest BCUT2D eigenvalue weighted by Gasteiger charge is 2.28. The second-order valence-corrected chi connectivity index (χ2v) is 21.5. The lowest BCUT2D eigenvalue weighted by atomic mass is 9.67. The fourth-order valence-corrected chi connectivity index (χ4v) is 8.23. The minimum absolute atomic E-state index is 0.0191. The minimum Gasteiger partial charge on any atom is -0.462 e. The number of aryl methyl sites for hydroxylation is 1. The Bertz CT molecular complexity index is 1370. The van der Waals surface area contributed by atoms with Crippen LogP contribution in [0.3, 0.4) is 0 Å². The molecule has 0 spiro atoms. The molecule has 57 heavy (non-hydrogen) atoms. The van der Waals surface area contributed by atoms with Gasteiger partial charge >= 0.3 is 23.9 Å². The van der Waals surface area contributed by atoms with E-state index in [1.807, 2.05) is 46.6 Å². The Balaban J connectivity index is 2.65. The molecule has 326 valence electrons. The van der Waals surface area contributed by atoms with E-state index in [0.717, 1.165) is 12.8 Å². The lowest BCUT2D eigenvalue weighted by Crippen LogP contribution is -2.31. The van der Waals surface area contributed by atoms with Crippen molar-refractivity contribution in [3.8, 4) is 0 Å². The fraction of sp³-hybridized carbons (Fsp3) is 0.850. The first-order chi connectivity index (χ1) is 26.3. The van der Waals surface area contributed by atoms with Crippen molar-refractivity contribution in [3.05, 3.63) is 11.9 Å². The first-order valence-corrected chi connectivity index (χ1v) is 22.5. The van der Waals surface area contributed by atoms with Gasteiger partial charge in [0.15, 0.2) is 0 Å². The molecule has 0 aliphatic rings. The number of nitrogens with zero attached hydrogens (tertiary/aromatic N) is 4. The lowest BCUT2D eigenvalue weighted by molar-refractivity contribution is -0.154. The molecule has 0 aliphatic carbocycles. The van der Waals surface area contributed by atoms with Crippen molar-refractivity contribution in [1.29, 1.82) is 0 Å². The summed E-state index contributed by atoms with van der Waals surface area (Å²) in [4.78, 5) is 52.4. The van der Waals surface area contributed by atoms with Gasteiger partial charge in [0.2, 0.25) is 0 Å². The molecule has 0 fully saturated rings. The molecule has 0 aromatic carbocycles. The van der Waals surface area contributed by atoms with Crippen LogP contribution < -0.4 is 0 Å². The Morgan fingerprint density at radius 3 is 1.75 bits per heavy atom. The molecule has 0 radical (unpaired) electrons. The number of esters is 4. The maximum Gasteiger partial charge on any atom is 0.309 e. The zero-order valence-corrected chi connectivity index (χ0v) is 39.3. The molecule has 0 bridgehead atoms. The van der Waals surface area contributed by atoms with Crippen LogP contribution in [0, 0.1) is 17.8 Å². The van der Waals surface area contributed by atoms with E-state index >= 15 is 0 Å². The number of thioether (sulfide) groups is 2. The summed E-state index contributed by atoms with van der Waals surface area (Å²) in [5, 5.41) is 8.77. The average Bonchev–Trinajstić information content (AvgIpc) is 3.56. The van der Waals surface area contributed by atoms with Crippen molar-refractivity contribution in [2.24, 2.45) is 17.8 Å². The van der Waals surface area contributed by atoms with Crippen LogP contribution in [0.1, 0.15) is 114 Å². The molecule has 3 atom stereocenters. The van der Waals surface area contributed by atoms with Gasteiger partial charge in [0, 0.05) is 65.5 Å². The third kappa shape index (κ3) is 24.5. The van der Waals surface area contributed by atoms with E-state index in [1.54, 1.807) is 28.2 Å². The largest absolute Gasteiger partial charge is 0.462 e. The van der Waals surface area contributed by atoms with Crippen LogP contribution in [0.15, 0.2) is 6.20 Å². The first kappa shape index (κ1) is 52.8. The molecular formula is C40H74B2N4O9S2. The molecule has 0 N–H and O–H groups in total. The van der Waals surface area contributed by atoms with Crippen molar-refractivity contribution < 1.29 is 42.9 Å². The van der Waals surface area contributed by atoms with E-state index in [9.17, 15) is 19.2 Å². The van der Waals surface area contributed by atoms with Crippen LogP contribution in [-0.4, -0.2) is 132 Å². The van der Waals surface area contributed by atoms with Crippen molar-refractivity contribution in [3.63, 3.8) is 0 Å². The zero-order chi connectivity index (χ0) is 43.5. The molecule has 0 saturated heterocycles. The summed E-state index contributed by atoms with van der Waals surface area (Å²) >= 11 is 3.51. The van der Waals surface area contributed by atoms with Crippen LogP contribution in [0.4, 0.5) is 0 Å². The average molecular weight is 841 g/mol. The summed E-state index contributed by atoms with van der Waals surface area (Å²) in [5.41, 5.74) is 0.384. The number of carbonyl (C=O) groups is 4. The number of hydrogen-bond donors (Lipinski definition) is 0. The Hall–Kier alpha value is -2.23. The summed E-state index contributed by atoms with van der Waals surface area (Å²) in [6, 6.07) is 0. The van der Waals surface area contributed by atoms with Crippen LogP contribution in [0.5, 0.6) is 0 Å². The second kappa shape index (κ2) is 25.4. The number of carbonyl (C=O) groups excluding carboxylic acids is 4. The van der Waals surface area contributed by atoms with Gasteiger partial charge in [0.1, 0.15) is 42.1 Å². The van der Waals surface area contributed by atoms with E-state index in [-0.39, 0.29) is 96.4 Å². The van der Waals surface area contributed by atoms with Gasteiger partial charge in [-0.25, -0.2) is 0 Å². The molecular weight excluding hydrogens is 766 g/mol. The first-order valence-electron chi connectivity index (χ1n) is 20.5. The molecule has 13 nitrogen and oxygen atoms in total. The highest BCUT2D eigenvalue weighted by Crippen LogP contribution is 2.40. The SMILES string of the molecule is BC(C)(C)CC(C)(C)SCC(C)C(=O)OCCOC(=O)CCN(CCC(=O)OCCOC(=O)C(C)CSC(C)(C)C(C)C)Cc1cn(CCC(B)(C)OCC)nn1. The molecule has 0 amide bonds. The van der Waals surface area contributed by atoms with Crippen molar-refractivity contribution in [2.75, 3.05) is 57.6 Å². The van der Waals surface area contributed by atoms with Gasteiger partial charge in [-0.05, 0) is 32.6 Å². The van der Waals surface area contributed by atoms with E-state index < -0.39 is 11.9 Å². The quantitative estimate of drug-likeness (QED) is 0.0444. The molecule has 1 rings (SSSR count). The Morgan fingerprint density at radius 1 is 0.789 bits per heavy atom. The summed E-state index contributed by atoms with van der Waals surface area (Å²) in [6.45, 7) is 27.2. The zero-order valence-electron chi connectivity index (χ0n) is 37.7. The van der Waals surface area contributed by atoms with E-state index in [4.69, 9.17) is 23.7 Å². The number of rotatable bonds is 30. The smallest absolute Gasteiger partial charge is 0.309 e. The van der Waals surface area contributed by atoms with Gasteiger partial charge in [-0.3, -0.25) is 28.8 Å². The van der Waals surface area contributed by atoms with Gasteiger partial charge in [-0.15, -0.1) is 5.10 Å². The lowest BCUT2D eigenvalue weighted by Gasteiger charge is -2.32. The monoisotopic (exact) mass is 841 g/mol. The van der Waals surface area contributed by atoms with Crippen molar-refractivity contribution >= 4 is 63.1 Å². The van der Waals surface area contributed by atoms with Gasteiger partial charge in [-0.2, -0.15) is 23.5 Å². The highest BCUT2D eigenvalue weighted by atomic mass is 32.2. The van der Waals surface area contributed by atoms with Crippen LogP contribution >= 0.6 is 23.5 Å². The Labute approximate surface area is 354 Å². The van der Waals surface area contributed by atoms with E-state index in [2.05, 4.69) is 73.5 Å². The summed E-state index contributed by atoms with van der Waals surface area (Å²) < 4.78 is 29.1. The van der Waals surface area contributed by atoms with Crippen LogP contribution in [0.2, 0.25) is 5.31 Å². The van der Waals surface area contributed by atoms with E-state index in [1.165, 1.54) is 0 Å². The Kier molecular flexibility index (Phi) is 23.5. The third-order valence-electron chi connectivity index (χ3n) is 9.48. The van der Waals surface area contributed by atoms with Crippen LogP contribution in [0.25, 0.3) is 0 Å². The molecule has 0 saturated carbocycles. The minimum atomic E-state index is -0.449. The summed E-state index contributed by atoms with van der Waals surface area (Å²) in [6.07, 6.45) is 3.72. The van der Waals surface area contributed by atoms with E-state index in [0.29, 0.717) is 42.8 Å². The summed E-state index contributed by atoms with van der Waals surface area (Å²) in [5.74, 6) is -0.325. The molecule has 17 heteroatoms. The molecule has 1 aromatic rings. The van der Waals surface area contributed by atoms with Crippen molar-refractivity contribution in [2.45, 2.75) is 142 Å². The fourth-order valence-electron chi connectivity index (χ4n) is 5.71. The molecule has 1 heterocycles. The number of hydrogen-bond acceptors (Lipinski definition) is 14. The number of ether oxygens (including phenoxy) is 5. The highest BCUT2D eigenvalue weighted by molar-refractivity contribution is 8.00. The second-order valence-electron chi connectivity index (χ2n) is 18.1. The standard InChI is InChI=1S/C40H74B2N4O9S2/c1-13-55-40(12,42)16-19-46-25-32(43-44-46)24-45(18-15-34(48)52-21-23-54-36(50)31(5)27-57-39(10,11)29(2)3)17-14-33(47)51-20-22-53-35(49)30(4)26-56-38(8,9)28-37(6,7)41/h25,29-31H,13-24,26-28,41-42H2,1-12H3. The maximum atomic E-state index is 12.7. The maximum absolute atomic E-state index is 12.7. The topological polar surface area (TPSA) is 148 Å². The van der Waals surface area contributed by atoms with Gasteiger partial charge in [-0.1, -0.05) is 79.8 Å². The normalized spacial score (nSPS) is 14.6. The predicted octanol–water partition coefficient (Wildman–Crippen LogP) is 4.98. The Morgan fingerprint density at radius 2 is 1.28 bits per heavy atom. The predicted molar refractivity (Wildman–Crippen MR) is 235 cm³/mol.